The minimum atomic E-state index is -0.391. The maximum atomic E-state index is 8.95. The first-order valence-electron chi connectivity index (χ1n) is 4.68. The van der Waals surface area contributed by atoms with Gasteiger partial charge in [-0.05, 0) is 12.1 Å². The van der Waals surface area contributed by atoms with Crippen LogP contribution in [0.5, 0.6) is 0 Å². The van der Waals surface area contributed by atoms with Crippen molar-refractivity contribution in [2.45, 2.75) is 0 Å². The second-order valence-electron chi connectivity index (χ2n) is 3.13. The van der Waals surface area contributed by atoms with Gasteiger partial charge in [0, 0.05) is 0 Å². The fraction of sp³-hybridized carbons (Fsp3) is 0. The number of anilines is 1. The van der Waals surface area contributed by atoms with Gasteiger partial charge in [0.25, 0.3) is 0 Å². The van der Waals surface area contributed by atoms with Crippen molar-refractivity contribution in [3.8, 4) is 24.3 Å². The van der Waals surface area contributed by atoms with Gasteiger partial charge in [-0.1, -0.05) is 23.2 Å². The number of halogens is 2. The Morgan fingerprint density at radius 3 is 2.00 bits per heavy atom. The number of nitrogens with one attached hydrogen (secondary N) is 1. The highest BCUT2D eigenvalue weighted by Gasteiger charge is 2.11. The highest BCUT2D eigenvalue weighted by Crippen LogP contribution is 2.29. The van der Waals surface area contributed by atoms with Crippen LogP contribution in [-0.2, 0) is 0 Å². The summed E-state index contributed by atoms with van der Waals surface area (Å²) in [4.78, 5) is 0. The summed E-state index contributed by atoms with van der Waals surface area (Å²) in [6.07, 6.45) is 0. The van der Waals surface area contributed by atoms with Crippen LogP contribution >= 0.6 is 23.2 Å². The highest BCUT2D eigenvalue weighted by atomic mass is 35.5. The van der Waals surface area contributed by atoms with Gasteiger partial charge < -0.3 is 5.32 Å². The molecular formula is C12H3Cl2N5. The zero-order valence-corrected chi connectivity index (χ0v) is 10.7. The molecule has 0 fully saturated rings. The Bertz CT molecular complexity index is 707. The molecule has 1 rings (SSSR count). The standard InChI is InChI=1S/C12H3Cl2N5/c13-9-1-7(3-15)11(2-10(9)14)19-12(6-18)8(4-16)5-17/h1-2,19H. The van der Waals surface area contributed by atoms with Crippen molar-refractivity contribution < 1.29 is 0 Å². The first-order chi connectivity index (χ1) is 9.07. The minimum absolute atomic E-state index is 0.136. The van der Waals surface area contributed by atoms with Crippen molar-refractivity contribution in [2.24, 2.45) is 0 Å². The van der Waals surface area contributed by atoms with Crippen LogP contribution in [0.2, 0.25) is 10.0 Å². The van der Waals surface area contributed by atoms with E-state index in [1.807, 2.05) is 6.07 Å². The molecule has 0 saturated heterocycles. The van der Waals surface area contributed by atoms with Gasteiger partial charge >= 0.3 is 0 Å². The molecule has 19 heavy (non-hydrogen) atoms. The summed E-state index contributed by atoms with van der Waals surface area (Å²) < 4.78 is 0. The topological polar surface area (TPSA) is 107 Å². The number of benzene rings is 1. The SMILES string of the molecule is N#CC(C#N)=C(C#N)Nc1cc(Cl)c(Cl)cc1C#N. The van der Waals surface area contributed by atoms with Gasteiger partial charge in [-0.15, -0.1) is 0 Å². The van der Waals surface area contributed by atoms with Crippen LogP contribution in [0.4, 0.5) is 5.69 Å². The molecule has 0 aliphatic rings. The molecule has 1 aromatic rings. The van der Waals surface area contributed by atoms with Crippen LogP contribution in [0.15, 0.2) is 23.4 Å². The zero-order valence-electron chi connectivity index (χ0n) is 9.20. The van der Waals surface area contributed by atoms with Crippen LogP contribution in [0.3, 0.4) is 0 Å². The van der Waals surface area contributed by atoms with E-state index < -0.39 is 5.57 Å². The van der Waals surface area contributed by atoms with E-state index in [2.05, 4.69) is 5.32 Å². The first-order valence-corrected chi connectivity index (χ1v) is 5.43. The van der Waals surface area contributed by atoms with Crippen molar-refractivity contribution in [3.05, 3.63) is 39.0 Å². The smallest absolute Gasteiger partial charge is 0.163 e. The van der Waals surface area contributed by atoms with Crippen LogP contribution in [0, 0.1) is 45.3 Å². The summed E-state index contributed by atoms with van der Waals surface area (Å²) in [6.45, 7) is 0. The fourth-order valence-corrected chi connectivity index (χ4v) is 1.49. The van der Waals surface area contributed by atoms with Gasteiger partial charge in [0.1, 0.15) is 30.0 Å². The highest BCUT2D eigenvalue weighted by molar-refractivity contribution is 6.42. The number of nitriles is 4. The number of hydrogen-bond acceptors (Lipinski definition) is 5. The van der Waals surface area contributed by atoms with Crippen molar-refractivity contribution >= 4 is 28.9 Å². The molecule has 0 spiro atoms. The first kappa shape index (κ1) is 14.4. The molecule has 0 unspecified atom stereocenters. The Labute approximate surface area is 119 Å². The molecule has 1 aromatic carbocycles. The molecule has 0 saturated carbocycles. The molecule has 0 atom stereocenters. The van der Waals surface area contributed by atoms with Gasteiger partial charge in [-0.25, -0.2) is 0 Å². The van der Waals surface area contributed by atoms with Gasteiger partial charge in [0.05, 0.1) is 21.3 Å². The Morgan fingerprint density at radius 2 is 1.53 bits per heavy atom. The van der Waals surface area contributed by atoms with E-state index in [9.17, 15) is 0 Å². The predicted molar refractivity (Wildman–Crippen MR) is 68.7 cm³/mol. The van der Waals surface area contributed by atoms with E-state index in [4.69, 9.17) is 44.2 Å². The Hall–Kier alpha value is -2.70. The third-order valence-corrected chi connectivity index (χ3v) is 2.75. The lowest BCUT2D eigenvalue weighted by Crippen LogP contribution is -2.02. The fourth-order valence-electron chi connectivity index (χ4n) is 1.16. The number of allylic oxidation sites excluding steroid dienone is 2. The molecule has 0 bridgehead atoms. The molecule has 0 amide bonds. The van der Waals surface area contributed by atoms with Crippen molar-refractivity contribution in [3.63, 3.8) is 0 Å². The summed E-state index contributed by atoms with van der Waals surface area (Å²) in [7, 11) is 0. The predicted octanol–water partition coefficient (Wildman–Crippen LogP) is 3.10. The van der Waals surface area contributed by atoms with Gasteiger partial charge in [-0.2, -0.15) is 21.0 Å². The van der Waals surface area contributed by atoms with Crippen molar-refractivity contribution in [2.75, 3.05) is 5.32 Å². The normalized spacial score (nSPS) is 8.32. The van der Waals surface area contributed by atoms with Crippen LogP contribution in [0.1, 0.15) is 5.56 Å². The van der Waals surface area contributed by atoms with E-state index >= 15 is 0 Å². The lowest BCUT2D eigenvalue weighted by Gasteiger charge is -2.08. The van der Waals surface area contributed by atoms with Crippen LogP contribution in [-0.4, -0.2) is 0 Å². The Balaban J connectivity index is 3.37. The summed E-state index contributed by atoms with van der Waals surface area (Å²) in [5.74, 6) is 0. The molecule has 0 radical (unpaired) electrons. The zero-order chi connectivity index (χ0) is 14.4. The molecule has 0 aromatic heterocycles. The third-order valence-electron chi connectivity index (χ3n) is 2.03. The van der Waals surface area contributed by atoms with Gasteiger partial charge in [0.2, 0.25) is 0 Å². The van der Waals surface area contributed by atoms with Gasteiger partial charge in [-0.3, -0.25) is 0 Å². The second-order valence-corrected chi connectivity index (χ2v) is 3.95. The van der Waals surface area contributed by atoms with Crippen LogP contribution in [0.25, 0.3) is 0 Å². The lowest BCUT2D eigenvalue weighted by molar-refractivity contribution is 1.36. The molecule has 0 aliphatic carbocycles. The number of hydrogen-bond donors (Lipinski definition) is 1. The number of nitrogens with zero attached hydrogens (tertiary/aromatic N) is 4. The Morgan fingerprint density at radius 1 is 0.947 bits per heavy atom. The van der Waals surface area contributed by atoms with E-state index in [1.54, 1.807) is 18.2 Å². The largest absolute Gasteiger partial charge is 0.344 e. The van der Waals surface area contributed by atoms with E-state index in [0.29, 0.717) is 0 Å². The monoisotopic (exact) mass is 287 g/mol. The maximum Gasteiger partial charge on any atom is 0.163 e. The summed E-state index contributed by atoms with van der Waals surface area (Å²) in [5, 5.41) is 38.1. The summed E-state index contributed by atoms with van der Waals surface area (Å²) in [6, 6.07) is 9.36. The van der Waals surface area contributed by atoms with E-state index in [-0.39, 0.29) is 27.0 Å². The van der Waals surface area contributed by atoms with Crippen LogP contribution < -0.4 is 5.32 Å². The quantitative estimate of drug-likeness (QED) is 0.841. The minimum Gasteiger partial charge on any atom is -0.344 e. The molecule has 90 valence electrons. The second kappa shape index (κ2) is 6.29. The summed E-state index contributed by atoms with van der Waals surface area (Å²) >= 11 is 11.6. The molecule has 0 heterocycles. The Kier molecular flexibility index (Phi) is 4.76. The average Bonchev–Trinajstić information content (AvgIpc) is 2.42. The third kappa shape index (κ3) is 3.15. The van der Waals surface area contributed by atoms with Crippen molar-refractivity contribution in [1.82, 2.24) is 0 Å². The van der Waals surface area contributed by atoms with E-state index in [1.165, 1.54) is 12.1 Å². The molecule has 1 N–H and O–H groups in total. The van der Waals surface area contributed by atoms with E-state index in [0.717, 1.165) is 0 Å². The molecule has 5 nitrogen and oxygen atoms in total. The summed E-state index contributed by atoms with van der Waals surface area (Å²) in [5.41, 5.74) is -0.328. The molecular weight excluding hydrogens is 285 g/mol. The average molecular weight is 288 g/mol. The maximum absolute atomic E-state index is 8.95. The number of rotatable bonds is 2. The molecule has 0 aliphatic heterocycles. The van der Waals surface area contributed by atoms with Gasteiger partial charge in [0.15, 0.2) is 5.57 Å². The molecule has 7 heteroatoms. The van der Waals surface area contributed by atoms with Crippen molar-refractivity contribution in [1.29, 1.82) is 21.0 Å². The lowest BCUT2D eigenvalue weighted by atomic mass is 10.1.